The molecular formula is C13H20N2O3S. The first-order valence-corrected chi connectivity index (χ1v) is 7.17. The van der Waals surface area contributed by atoms with Crippen LogP contribution in [0.2, 0.25) is 0 Å². The topological polar surface area (TPSA) is 69.6 Å². The van der Waals surface area contributed by atoms with Crippen molar-refractivity contribution in [3.63, 3.8) is 0 Å². The molecule has 0 saturated carbocycles. The number of hydrogen-bond acceptors (Lipinski definition) is 4. The first-order valence-electron chi connectivity index (χ1n) is 6.23. The van der Waals surface area contributed by atoms with Crippen LogP contribution >= 0.6 is 11.3 Å². The van der Waals surface area contributed by atoms with Gasteiger partial charge < -0.3 is 15.3 Å². The van der Waals surface area contributed by atoms with Crippen LogP contribution in [0.4, 0.5) is 0 Å². The maximum absolute atomic E-state index is 11.7. The summed E-state index contributed by atoms with van der Waals surface area (Å²) in [6, 6.07) is 1.75. The fraction of sp³-hybridized carbons (Fsp3) is 0.538. The maximum Gasteiger partial charge on any atom is 0.252 e. The Kier molecular flexibility index (Phi) is 6.52. The van der Waals surface area contributed by atoms with Crippen LogP contribution in [0.5, 0.6) is 0 Å². The maximum atomic E-state index is 11.7. The average Bonchev–Trinajstić information content (AvgIpc) is 2.89. The largest absolute Gasteiger partial charge is 0.393 e. The first-order chi connectivity index (χ1) is 9.00. The molecule has 106 valence electrons. The number of aliphatic hydroxyl groups excluding tert-OH is 1. The van der Waals surface area contributed by atoms with Crippen LogP contribution in [-0.2, 0) is 4.79 Å². The van der Waals surface area contributed by atoms with Gasteiger partial charge in [0, 0.05) is 37.5 Å². The highest BCUT2D eigenvalue weighted by Gasteiger charge is 2.10. The summed E-state index contributed by atoms with van der Waals surface area (Å²) in [5, 5.41) is 15.5. The predicted octanol–water partition coefficient (Wildman–Crippen LogP) is 1.10. The molecule has 0 fully saturated rings. The van der Waals surface area contributed by atoms with E-state index in [1.54, 1.807) is 30.3 Å². The Morgan fingerprint density at radius 2 is 2.26 bits per heavy atom. The number of hydrogen-bond donors (Lipinski definition) is 2. The normalized spacial score (nSPS) is 11.9. The van der Waals surface area contributed by atoms with Crippen molar-refractivity contribution in [2.24, 2.45) is 0 Å². The molecule has 6 heteroatoms. The van der Waals surface area contributed by atoms with Crippen LogP contribution in [0, 0.1) is 0 Å². The summed E-state index contributed by atoms with van der Waals surface area (Å²) < 4.78 is 0. The van der Waals surface area contributed by atoms with Crippen LogP contribution in [-0.4, -0.2) is 48.1 Å². The van der Waals surface area contributed by atoms with E-state index in [0.29, 0.717) is 25.1 Å². The van der Waals surface area contributed by atoms with Crippen molar-refractivity contribution in [1.29, 1.82) is 0 Å². The van der Waals surface area contributed by atoms with Crippen LogP contribution in [0.3, 0.4) is 0 Å². The average molecular weight is 284 g/mol. The van der Waals surface area contributed by atoms with Crippen molar-refractivity contribution < 1.29 is 14.7 Å². The van der Waals surface area contributed by atoms with Crippen molar-refractivity contribution in [2.45, 2.75) is 25.9 Å². The van der Waals surface area contributed by atoms with E-state index in [9.17, 15) is 9.59 Å². The minimum Gasteiger partial charge on any atom is -0.393 e. The number of rotatable bonds is 7. The third kappa shape index (κ3) is 5.85. The molecule has 1 aromatic rings. The SMILES string of the molecule is CC(O)CCN(C)C(=O)CCNC(=O)c1ccsc1. The standard InChI is InChI=1S/C13H20N2O3S/c1-10(16)4-7-15(2)12(17)3-6-14-13(18)11-5-8-19-9-11/h5,8-10,16H,3-4,6-7H2,1-2H3,(H,14,18). The molecule has 1 aromatic heterocycles. The number of carbonyl (C=O) groups excluding carboxylic acids is 2. The number of nitrogens with one attached hydrogen (secondary N) is 1. The molecule has 5 nitrogen and oxygen atoms in total. The van der Waals surface area contributed by atoms with Gasteiger partial charge in [-0.1, -0.05) is 0 Å². The molecular weight excluding hydrogens is 264 g/mol. The molecule has 1 atom stereocenters. The number of thiophene rings is 1. The second-order valence-electron chi connectivity index (χ2n) is 4.47. The predicted molar refractivity (Wildman–Crippen MR) is 75.2 cm³/mol. The molecule has 2 N–H and O–H groups in total. The Morgan fingerprint density at radius 1 is 1.53 bits per heavy atom. The fourth-order valence-electron chi connectivity index (χ4n) is 1.47. The molecule has 1 rings (SSSR count). The van der Waals surface area contributed by atoms with Gasteiger partial charge in [0.25, 0.3) is 5.91 Å². The molecule has 0 aliphatic heterocycles. The van der Waals surface area contributed by atoms with Crippen molar-refractivity contribution in [3.8, 4) is 0 Å². The minimum atomic E-state index is -0.409. The Hall–Kier alpha value is -1.40. The lowest BCUT2D eigenvalue weighted by atomic mass is 10.2. The summed E-state index contributed by atoms with van der Waals surface area (Å²) in [7, 11) is 1.70. The van der Waals surface area contributed by atoms with Crippen molar-refractivity contribution in [3.05, 3.63) is 22.4 Å². The van der Waals surface area contributed by atoms with Gasteiger partial charge in [-0.05, 0) is 24.8 Å². The van der Waals surface area contributed by atoms with E-state index in [2.05, 4.69) is 5.32 Å². The summed E-state index contributed by atoms with van der Waals surface area (Å²) >= 11 is 1.46. The molecule has 0 aliphatic rings. The molecule has 1 unspecified atom stereocenters. The number of aliphatic hydroxyl groups is 1. The van der Waals surface area contributed by atoms with Crippen molar-refractivity contribution in [1.82, 2.24) is 10.2 Å². The Labute approximate surface area is 117 Å². The Balaban J connectivity index is 2.21. The number of nitrogens with zero attached hydrogens (tertiary/aromatic N) is 1. The summed E-state index contributed by atoms with van der Waals surface area (Å²) in [6.07, 6.45) is 0.420. The van der Waals surface area contributed by atoms with Crippen LogP contribution < -0.4 is 5.32 Å². The Bertz CT molecular complexity index is 404. The zero-order valence-electron chi connectivity index (χ0n) is 11.3. The molecule has 0 spiro atoms. The third-order valence-corrected chi connectivity index (χ3v) is 3.40. The lowest BCUT2D eigenvalue weighted by Crippen LogP contribution is -2.33. The van der Waals surface area contributed by atoms with E-state index in [1.807, 2.05) is 5.38 Å². The monoisotopic (exact) mass is 284 g/mol. The van der Waals surface area contributed by atoms with Gasteiger partial charge in [-0.3, -0.25) is 9.59 Å². The quantitative estimate of drug-likeness (QED) is 0.787. The first kappa shape index (κ1) is 15.7. The van der Waals surface area contributed by atoms with Gasteiger partial charge in [0.1, 0.15) is 0 Å². The molecule has 2 amide bonds. The van der Waals surface area contributed by atoms with E-state index in [-0.39, 0.29) is 18.2 Å². The summed E-state index contributed by atoms with van der Waals surface area (Å²) in [5.74, 6) is -0.188. The van der Waals surface area contributed by atoms with E-state index in [0.717, 1.165) is 0 Å². The van der Waals surface area contributed by atoms with Gasteiger partial charge in [0.05, 0.1) is 6.10 Å². The lowest BCUT2D eigenvalue weighted by molar-refractivity contribution is -0.129. The Morgan fingerprint density at radius 3 is 2.84 bits per heavy atom. The molecule has 1 heterocycles. The minimum absolute atomic E-state index is 0.0359. The van der Waals surface area contributed by atoms with Gasteiger partial charge in [0.2, 0.25) is 5.91 Å². The number of carbonyl (C=O) groups is 2. The summed E-state index contributed by atoms with van der Waals surface area (Å²) in [4.78, 5) is 24.9. The van der Waals surface area contributed by atoms with Gasteiger partial charge in [-0.25, -0.2) is 0 Å². The van der Waals surface area contributed by atoms with Gasteiger partial charge in [-0.2, -0.15) is 11.3 Å². The molecule has 0 saturated heterocycles. The van der Waals surface area contributed by atoms with Gasteiger partial charge in [-0.15, -0.1) is 0 Å². The molecule has 0 aromatic carbocycles. The third-order valence-electron chi connectivity index (χ3n) is 2.72. The fourth-order valence-corrected chi connectivity index (χ4v) is 2.11. The second kappa shape index (κ2) is 7.91. The van der Waals surface area contributed by atoms with E-state index in [1.165, 1.54) is 11.3 Å². The smallest absolute Gasteiger partial charge is 0.252 e. The van der Waals surface area contributed by atoms with E-state index < -0.39 is 6.10 Å². The number of amides is 2. The zero-order valence-corrected chi connectivity index (χ0v) is 12.1. The highest BCUT2D eigenvalue weighted by molar-refractivity contribution is 7.08. The van der Waals surface area contributed by atoms with Crippen LogP contribution in [0.15, 0.2) is 16.8 Å². The highest BCUT2D eigenvalue weighted by Crippen LogP contribution is 2.05. The lowest BCUT2D eigenvalue weighted by Gasteiger charge is -2.18. The van der Waals surface area contributed by atoms with Crippen LogP contribution in [0.1, 0.15) is 30.1 Å². The van der Waals surface area contributed by atoms with E-state index >= 15 is 0 Å². The second-order valence-corrected chi connectivity index (χ2v) is 5.25. The molecule has 0 aliphatic carbocycles. The molecule has 0 bridgehead atoms. The summed E-state index contributed by atoms with van der Waals surface area (Å²) in [6.45, 7) is 2.54. The summed E-state index contributed by atoms with van der Waals surface area (Å²) in [5.41, 5.74) is 0.625. The van der Waals surface area contributed by atoms with Crippen LogP contribution in [0.25, 0.3) is 0 Å². The van der Waals surface area contributed by atoms with Crippen molar-refractivity contribution >= 4 is 23.2 Å². The highest BCUT2D eigenvalue weighted by atomic mass is 32.1. The van der Waals surface area contributed by atoms with Crippen molar-refractivity contribution in [2.75, 3.05) is 20.1 Å². The van der Waals surface area contributed by atoms with Gasteiger partial charge in [0.15, 0.2) is 0 Å². The molecule has 0 radical (unpaired) electrons. The molecule has 19 heavy (non-hydrogen) atoms. The van der Waals surface area contributed by atoms with Gasteiger partial charge >= 0.3 is 0 Å². The zero-order chi connectivity index (χ0) is 14.3. The van der Waals surface area contributed by atoms with E-state index in [4.69, 9.17) is 5.11 Å².